The van der Waals surface area contributed by atoms with Crippen LogP contribution in [0.2, 0.25) is 0 Å². The number of carbonyl (C=O) groups is 2. The van der Waals surface area contributed by atoms with E-state index in [-0.39, 0.29) is 11.8 Å². The highest BCUT2D eigenvalue weighted by Gasteiger charge is 2.17. The Balaban J connectivity index is 2.18. The molecule has 2 rings (SSSR count). The number of amides is 2. The molecule has 2 N–H and O–H groups in total. The van der Waals surface area contributed by atoms with Gasteiger partial charge in [0.05, 0.1) is 0 Å². The number of aromatic nitrogens is 2. The Morgan fingerprint density at radius 3 is 2.15 bits per heavy atom. The average Bonchev–Trinajstić information content (AvgIpc) is 2.61. The number of hydrogen-bond donors (Lipinski definition) is 2. The summed E-state index contributed by atoms with van der Waals surface area (Å²) in [6.07, 6.45) is 1.81. The van der Waals surface area contributed by atoms with Crippen LogP contribution in [0.5, 0.6) is 0 Å². The van der Waals surface area contributed by atoms with E-state index in [9.17, 15) is 9.59 Å². The number of anilines is 3. The molecule has 1 aromatic heterocycles. The van der Waals surface area contributed by atoms with Crippen molar-refractivity contribution in [3.63, 3.8) is 0 Å². The van der Waals surface area contributed by atoms with Crippen LogP contribution in [0, 0.1) is 6.92 Å². The van der Waals surface area contributed by atoms with E-state index in [1.54, 1.807) is 18.2 Å². The Morgan fingerprint density at radius 2 is 1.59 bits per heavy atom. The number of carbonyl (C=O) groups excluding carboxylic acids is 2. The van der Waals surface area contributed by atoms with Crippen LogP contribution in [0.3, 0.4) is 0 Å². The molecule has 0 spiro atoms. The maximum absolute atomic E-state index is 12.8. The molecule has 0 saturated carbocycles. The van der Waals surface area contributed by atoms with Gasteiger partial charge in [0, 0.05) is 37.1 Å². The summed E-state index contributed by atoms with van der Waals surface area (Å²) in [7, 11) is 0. The summed E-state index contributed by atoms with van der Waals surface area (Å²) in [6.45, 7) is 8.84. The molecule has 144 valence electrons. The molecule has 7 heteroatoms. The van der Waals surface area contributed by atoms with Crippen molar-refractivity contribution in [3.05, 3.63) is 41.7 Å². The van der Waals surface area contributed by atoms with Crippen LogP contribution >= 0.6 is 0 Å². The minimum absolute atomic E-state index is 0.0757. The van der Waals surface area contributed by atoms with Crippen molar-refractivity contribution in [1.29, 1.82) is 0 Å². The maximum Gasteiger partial charge on any atom is 0.272 e. The van der Waals surface area contributed by atoms with Gasteiger partial charge in [0.15, 0.2) is 0 Å². The fraction of sp³-hybridized carbons (Fsp3) is 0.400. The number of aryl methyl sites for hydroxylation is 1. The van der Waals surface area contributed by atoms with Gasteiger partial charge in [-0.2, -0.15) is 0 Å². The summed E-state index contributed by atoms with van der Waals surface area (Å²) in [4.78, 5) is 34.5. The van der Waals surface area contributed by atoms with Gasteiger partial charge in [-0.05, 0) is 50.1 Å². The van der Waals surface area contributed by atoms with Crippen molar-refractivity contribution in [1.82, 2.24) is 14.9 Å². The highest BCUT2D eigenvalue weighted by atomic mass is 16.2. The molecule has 0 aliphatic carbocycles. The molecule has 0 atom stereocenters. The molecule has 0 aliphatic heterocycles. The SMILES string of the molecule is CCCN(CCC)C(=O)c1cc(C)nc(Nc2ccc(NC(C)=O)cc2)n1. The summed E-state index contributed by atoms with van der Waals surface area (Å²) in [5.41, 5.74) is 2.59. The third kappa shape index (κ3) is 6.06. The Labute approximate surface area is 160 Å². The van der Waals surface area contributed by atoms with Gasteiger partial charge in [-0.25, -0.2) is 9.97 Å². The highest BCUT2D eigenvalue weighted by molar-refractivity contribution is 5.92. The van der Waals surface area contributed by atoms with E-state index in [4.69, 9.17) is 0 Å². The second kappa shape index (κ2) is 9.66. The van der Waals surface area contributed by atoms with Gasteiger partial charge in [0.2, 0.25) is 11.9 Å². The molecule has 0 aliphatic rings. The zero-order chi connectivity index (χ0) is 19.8. The minimum atomic E-state index is -0.121. The van der Waals surface area contributed by atoms with E-state index in [1.165, 1.54) is 6.92 Å². The first-order chi connectivity index (χ1) is 12.9. The van der Waals surface area contributed by atoms with Crippen LogP contribution in [0.1, 0.15) is 49.8 Å². The lowest BCUT2D eigenvalue weighted by Gasteiger charge is -2.21. The maximum atomic E-state index is 12.8. The van der Waals surface area contributed by atoms with E-state index in [0.29, 0.717) is 30.4 Å². The summed E-state index contributed by atoms with van der Waals surface area (Å²) in [5.74, 6) is 0.177. The van der Waals surface area contributed by atoms with Crippen molar-refractivity contribution in [2.75, 3.05) is 23.7 Å². The van der Waals surface area contributed by atoms with Crippen molar-refractivity contribution in [2.24, 2.45) is 0 Å². The van der Waals surface area contributed by atoms with Crippen LogP contribution in [-0.4, -0.2) is 39.8 Å². The van der Waals surface area contributed by atoms with Crippen molar-refractivity contribution >= 4 is 29.1 Å². The number of rotatable bonds is 8. The average molecular weight is 369 g/mol. The lowest BCUT2D eigenvalue weighted by atomic mass is 10.2. The highest BCUT2D eigenvalue weighted by Crippen LogP contribution is 2.18. The van der Waals surface area contributed by atoms with Gasteiger partial charge in [-0.1, -0.05) is 13.8 Å². The summed E-state index contributed by atoms with van der Waals surface area (Å²) in [6, 6.07) is 8.93. The first-order valence-electron chi connectivity index (χ1n) is 9.22. The quantitative estimate of drug-likeness (QED) is 0.740. The van der Waals surface area contributed by atoms with E-state index in [2.05, 4.69) is 34.4 Å². The molecule has 27 heavy (non-hydrogen) atoms. The normalized spacial score (nSPS) is 10.4. The van der Waals surface area contributed by atoms with E-state index < -0.39 is 0 Å². The monoisotopic (exact) mass is 369 g/mol. The summed E-state index contributed by atoms with van der Waals surface area (Å²) in [5, 5.41) is 5.84. The molecular weight excluding hydrogens is 342 g/mol. The Morgan fingerprint density at radius 1 is 1.00 bits per heavy atom. The molecular formula is C20H27N5O2. The van der Waals surface area contributed by atoms with Gasteiger partial charge in [-0.15, -0.1) is 0 Å². The van der Waals surface area contributed by atoms with E-state index in [1.807, 2.05) is 24.0 Å². The molecule has 7 nitrogen and oxygen atoms in total. The topological polar surface area (TPSA) is 87.2 Å². The van der Waals surface area contributed by atoms with Gasteiger partial charge < -0.3 is 15.5 Å². The third-order valence-corrected chi connectivity index (χ3v) is 3.81. The van der Waals surface area contributed by atoms with Gasteiger partial charge in [0.25, 0.3) is 5.91 Å². The van der Waals surface area contributed by atoms with Crippen LogP contribution < -0.4 is 10.6 Å². The van der Waals surface area contributed by atoms with Crippen LogP contribution in [0.25, 0.3) is 0 Å². The first kappa shape index (κ1) is 20.4. The van der Waals surface area contributed by atoms with Gasteiger partial charge >= 0.3 is 0 Å². The number of nitrogens with one attached hydrogen (secondary N) is 2. The van der Waals surface area contributed by atoms with Crippen LogP contribution in [0.15, 0.2) is 30.3 Å². The standard InChI is InChI=1S/C20H27N5O2/c1-5-11-25(12-6-2)19(27)18-13-14(3)21-20(24-18)23-17-9-7-16(8-10-17)22-15(4)26/h7-10,13H,5-6,11-12H2,1-4H3,(H,22,26)(H,21,23,24). The van der Waals surface area contributed by atoms with Crippen molar-refractivity contribution < 1.29 is 9.59 Å². The second-order valence-electron chi connectivity index (χ2n) is 6.39. The molecule has 2 amide bonds. The lowest BCUT2D eigenvalue weighted by molar-refractivity contribution is -0.114. The van der Waals surface area contributed by atoms with Crippen molar-refractivity contribution in [2.45, 2.75) is 40.5 Å². The molecule has 2 aromatic rings. The van der Waals surface area contributed by atoms with Gasteiger partial charge in [0.1, 0.15) is 5.69 Å². The number of nitrogens with zero attached hydrogens (tertiary/aromatic N) is 3. The summed E-state index contributed by atoms with van der Waals surface area (Å²) >= 11 is 0. The molecule has 0 radical (unpaired) electrons. The lowest BCUT2D eigenvalue weighted by Crippen LogP contribution is -2.33. The predicted molar refractivity (Wildman–Crippen MR) is 107 cm³/mol. The molecule has 1 heterocycles. The Hall–Kier alpha value is -2.96. The third-order valence-electron chi connectivity index (χ3n) is 3.81. The number of hydrogen-bond acceptors (Lipinski definition) is 5. The smallest absolute Gasteiger partial charge is 0.272 e. The van der Waals surface area contributed by atoms with Gasteiger partial charge in [-0.3, -0.25) is 9.59 Å². The molecule has 0 bridgehead atoms. The molecule has 0 unspecified atom stereocenters. The zero-order valence-corrected chi connectivity index (χ0v) is 16.4. The van der Waals surface area contributed by atoms with E-state index in [0.717, 1.165) is 24.2 Å². The minimum Gasteiger partial charge on any atom is -0.337 e. The van der Waals surface area contributed by atoms with E-state index >= 15 is 0 Å². The number of benzene rings is 1. The fourth-order valence-corrected chi connectivity index (χ4v) is 2.72. The Bertz CT molecular complexity index is 783. The van der Waals surface area contributed by atoms with Crippen molar-refractivity contribution in [3.8, 4) is 0 Å². The first-order valence-corrected chi connectivity index (χ1v) is 9.22. The molecule has 0 saturated heterocycles. The van der Waals surface area contributed by atoms with Crippen LogP contribution in [0.4, 0.5) is 17.3 Å². The molecule has 0 fully saturated rings. The second-order valence-corrected chi connectivity index (χ2v) is 6.39. The predicted octanol–water partition coefficient (Wildman–Crippen LogP) is 3.75. The van der Waals surface area contributed by atoms with Crippen LogP contribution in [-0.2, 0) is 4.79 Å². The molecule has 1 aromatic carbocycles. The fourth-order valence-electron chi connectivity index (χ4n) is 2.72. The Kier molecular flexibility index (Phi) is 7.28. The zero-order valence-electron chi connectivity index (χ0n) is 16.4. The largest absolute Gasteiger partial charge is 0.337 e. The summed E-state index contributed by atoms with van der Waals surface area (Å²) < 4.78 is 0.